The number of rotatable bonds is 4. The molecule has 1 amide bonds. The van der Waals surface area contributed by atoms with Crippen LogP contribution in [0.15, 0.2) is 30.7 Å². The van der Waals surface area contributed by atoms with Crippen molar-refractivity contribution in [2.45, 2.75) is 6.42 Å². The summed E-state index contributed by atoms with van der Waals surface area (Å²) in [5.41, 5.74) is 1.18. The van der Waals surface area contributed by atoms with Crippen LogP contribution in [0.4, 0.5) is 0 Å². The number of fused-ring (bicyclic) bond motifs is 1. The number of amides is 1. The number of aryl methyl sites for hydroxylation is 1. The zero-order valence-electron chi connectivity index (χ0n) is 14.9. The van der Waals surface area contributed by atoms with Gasteiger partial charge >= 0.3 is 5.97 Å². The van der Waals surface area contributed by atoms with Crippen molar-refractivity contribution in [2.24, 2.45) is 7.05 Å². The third kappa shape index (κ3) is 3.19. The van der Waals surface area contributed by atoms with Crippen molar-refractivity contribution < 1.29 is 19.1 Å². The van der Waals surface area contributed by atoms with Gasteiger partial charge in [0, 0.05) is 26.3 Å². The lowest BCUT2D eigenvalue weighted by molar-refractivity contribution is 0.0599. The number of esters is 1. The molecule has 3 aromatic rings. The van der Waals surface area contributed by atoms with E-state index >= 15 is 0 Å². The molecule has 0 atom stereocenters. The zero-order chi connectivity index (χ0) is 19.0. The highest BCUT2D eigenvalue weighted by atomic mass is 16.5. The van der Waals surface area contributed by atoms with Crippen molar-refractivity contribution >= 4 is 22.8 Å². The summed E-state index contributed by atoms with van der Waals surface area (Å²) in [7, 11) is 3.09. The van der Waals surface area contributed by atoms with E-state index in [-0.39, 0.29) is 17.5 Å². The summed E-state index contributed by atoms with van der Waals surface area (Å²) >= 11 is 0. The number of ether oxygens (including phenoxy) is 2. The molecule has 1 saturated heterocycles. The first kappa shape index (κ1) is 17.0. The highest BCUT2D eigenvalue weighted by Gasteiger charge is 2.23. The molecule has 27 heavy (non-hydrogen) atoms. The molecule has 3 heterocycles. The van der Waals surface area contributed by atoms with Crippen LogP contribution < -0.4 is 4.74 Å². The van der Waals surface area contributed by atoms with Crippen LogP contribution in [0.1, 0.15) is 27.3 Å². The van der Waals surface area contributed by atoms with Gasteiger partial charge in [0.2, 0.25) is 5.88 Å². The molecule has 138 valence electrons. The Morgan fingerprint density at radius 3 is 2.59 bits per heavy atom. The fraction of sp³-hybridized carbons (Fsp3) is 0.278. The lowest BCUT2D eigenvalue weighted by atomic mass is 10.1. The van der Waals surface area contributed by atoms with E-state index in [9.17, 15) is 9.59 Å². The van der Waals surface area contributed by atoms with Crippen molar-refractivity contribution in [3.63, 3.8) is 0 Å². The molecule has 0 radical (unpaired) electrons. The lowest BCUT2D eigenvalue weighted by Gasteiger charge is -2.30. The Morgan fingerprint density at radius 2 is 1.96 bits per heavy atom. The minimum absolute atomic E-state index is 0.136. The average Bonchev–Trinajstić information content (AvgIpc) is 3.00. The molecule has 0 aliphatic carbocycles. The van der Waals surface area contributed by atoms with Gasteiger partial charge in [-0.3, -0.25) is 9.48 Å². The van der Waals surface area contributed by atoms with Gasteiger partial charge in [-0.2, -0.15) is 5.10 Å². The molecule has 0 N–H and O–H groups in total. The van der Waals surface area contributed by atoms with Crippen LogP contribution in [0.5, 0.6) is 11.6 Å². The van der Waals surface area contributed by atoms with E-state index in [1.165, 1.54) is 19.5 Å². The predicted octanol–water partition coefficient (Wildman–Crippen LogP) is 1.79. The number of likely N-dealkylation sites (tertiary alicyclic amines) is 1. The Labute approximate surface area is 154 Å². The number of methoxy groups -OCH3 is 1. The molecule has 0 bridgehead atoms. The first-order valence-electron chi connectivity index (χ1n) is 8.40. The third-order valence-electron chi connectivity index (χ3n) is 4.33. The second-order valence-electron chi connectivity index (χ2n) is 6.19. The van der Waals surface area contributed by atoms with Crippen molar-refractivity contribution in [2.75, 3.05) is 20.2 Å². The van der Waals surface area contributed by atoms with Crippen LogP contribution in [0.3, 0.4) is 0 Å². The Kier molecular flexibility index (Phi) is 4.19. The van der Waals surface area contributed by atoms with Gasteiger partial charge in [-0.25, -0.2) is 14.8 Å². The maximum Gasteiger partial charge on any atom is 0.338 e. The van der Waals surface area contributed by atoms with Gasteiger partial charge in [-0.15, -0.1) is 0 Å². The van der Waals surface area contributed by atoms with Crippen LogP contribution in [0.25, 0.3) is 10.9 Å². The van der Waals surface area contributed by atoms with E-state index in [4.69, 9.17) is 9.47 Å². The van der Waals surface area contributed by atoms with Crippen molar-refractivity contribution in [3.05, 3.63) is 42.0 Å². The standard InChI is InChI=1S/C18H17N5O4/c1-22-10-12-13(21-22)6-11(18(25)26-2)7-15(12)27-16-9-19-14(8-20-16)17(24)23-4-3-5-23/h6-10H,3-5H2,1-2H3. The maximum atomic E-state index is 12.1. The Bertz CT molecular complexity index is 1020. The Hall–Kier alpha value is -3.49. The predicted molar refractivity (Wildman–Crippen MR) is 94.7 cm³/mol. The van der Waals surface area contributed by atoms with E-state index < -0.39 is 5.97 Å². The monoisotopic (exact) mass is 367 g/mol. The molecular formula is C18H17N5O4. The number of hydrogen-bond acceptors (Lipinski definition) is 7. The molecule has 9 nitrogen and oxygen atoms in total. The molecule has 4 rings (SSSR count). The topological polar surface area (TPSA) is 99.4 Å². The highest BCUT2D eigenvalue weighted by molar-refractivity contribution is 5.97. The van der Waals surface area contributed by atoms with Gasteiger partial charge in [0.25, 0.3) is 5.91 Å². The molecule has 0 saturated carbocycles. The van der Waals surface area contributed by atoms with Crippen LogP contribution in [0, 0.1) is 0 Å². The number of benzene rings is 1. The lowest BCUT2D eigenvalue weighted by Crippen LogP contribution is -2.42. The zero-order valence-corrected chi connectivity index (χ0v) is 14.9. The first-order chi connectivity index (χ1) is 13.0. The minimum atomic E-state index is -0.492. The summed E-state index contributed by atoms with van der Waals surface area (Å²) in [6.07, 6.45) is 5.57. The number of nitrogens with zero attached hydrogens (tertiary/aromatic N) is 5. The van der Waals surface area contributed by atoms with Crippen LogP contribution in [0.2, 0.25) is 0 Å². The average molecular weight is 367 g/mol. The largest absolute Gasteiger partial charge is 0.465 e. The molecule has 9 heteroatoms. The summed E-state index contributed by atoms with van der Waals surface area (Å²) in [5, 5.41) is 5.02. The van der Waals surface area contributed by atoms with Crippen LogP contribution in [-0.4, -0.2) is 56.7 Å². The normalized spacial score (nSPS) is 13.3. The summed E-state index contributed by atoms with van der Waals surface area (Å²) in [6, 6.07) is 3.20. The van der Waals surface area contributed by atoms with E-state index in [1.807, 2.05) is 0 Å². The van der Waals surface area contributed by atoms with Crippen LogP contribution in [-0.2, 0) is 11.8 Å². The Balaban J connectivity index is 1.64. The fourth-order valence-electron chi connectivity index (χ4n) is 2.80. The molecule has 1 aromatic carbocycles. The number of aromatic nitrogens is 4. The van der Waals surface area contributed by atoms with E-state index in [0.717, 1.165) is 19.5 Å². The second-order valence-corrected chi connectivity index (χ2v) is 6.19. The number of carbonyl (C=O) groups is 2. The molecule has 1 aliphatic rings. The van der Waals surface area contributed by atoms with E-state index in [2.05, 4.69) is 15.1 Å². The van der Waals surface area contributed by atoms with Crippen molar-refractivity contribution in [3.8, 4) is 11.6 Å². The third-order valence-corrected chi connectivity index (χ3v) is 4.33. The number of hydrogen-bond donors (Lipinski definition) is 0. The van der Waals surface area contributed by atoms with Gasteiger partial charge in [0.15, 0.2) is 0 Å². The summed E-state index contributed by atoms with van der Waals surface area (Å²) in [4.78, 5) is 34.1. The quantitative estimate of drug-likeness (QED) is 0.648. The van der Waals surface area contributed by atoms with Gasteiger partial charge < -0.3 is 14.4 Å². The Morgan fingerprint density at radius 1 is 1.15 bits per heavy atom. The summed E-state index contributed by atoms with van der Waals surface area (Å²) < 4.78 is 12.2. The van der Waals surface area contributed by atoms with Crippen molar-refractivity contribution in [1.82, 2.24) is 24.6 Å². The molecular weight excluding hydrogens is 350 g/mol. The smallest absolute Gasteiger partial charge is 0.338 e. The first-order valence-corrected chi connectivity index (χ1v) is 8.40. The van der Waals surface area contributed by atoms with E-state index in [1.54, 1.807) is 35.0 Å². The highest BCUT2D eigenvalue weighted by Crippen LogP contribution is 2.30. The summed E-state index contributed by atoms with van der Waals surface area (Å²) in [5.74, 6) is -0.0175. The molecule has 2 aromatic heterocycles. The maximum absolute atomic E-state index is 12.1. The van der Waals surface area contributed by atoms with Gasteiger partial charge in [-0.1, -0.05) is 0 Å². The van der Waals surface area contributed by atoms with Gasteiger partial charge in [0.1, 0.15) is 11.4 Å². The molecule has 0 unspecified atom stereocenters. The molecule has 1 aliphatic heterocycles. The number of carbonyl (C=O) groups excluding carboxylic acids is 2. The summed E-state index contributed by atoms with van der Waals surface area (Å²) in [6.45, 7) is 1.50. The SMILES string of the molecule is COC(=O)c1cc(Oc2cnc(C(=O)N3CCC3)cn2)c2cn(C)nc2c1. The fourth-order valence-corrected chi connectivity index (χ4v) is 2.80. The van der Waals surface area contributed by atoms with Gasteiger partial charge in [0.05, 0.1) is 36.0 Å². The van der Waals surface area contributed by atoms with Crippen LogP contribution >= 0.6 is 0 Å². The second kappa shape index (κ2) is 6.67. The van der Waals surface area contributed by atoms with E-state index in [0.29, 0.717) is 22.2 Å². The minimum Gasteiger partial charge on any atom is -0.465 e. The molecule has 1 fully saturated rings. The van der Waals surface area contributed by atoms with Gasteiger partial charge in [-0.05, 0) is 18.6 Å². The van der Waals surface area contributed by atoms with Crippen molar-refractivity contribution in [1.29, 1.82) is 0 Å². The molecule has 0 spiro atoms.